The Bertz CT molecular complexity index is 418. The summed E-state index contributed by atoms with van der Waals surface area (Å²) in [6.07, 6.45) is 0.275. The van der Waals surface area contributed by atoms with E-state index in [1.54, 1.807) is 6.07 Å². The summed E-state index contributed by atoms with van der Waals surface area (Å²) in [5.74, 6) is -1.16. The lowest BCUT2D eigenvalue weighted by atomic mass is 10.2. The molecular formula is C11H14N2O5. The topological polar surface area (TPSA) is 97.8 Å². The van der Waals surface area contributed by atoms with Gasteiger partial charge in [0, 0.05) is 19.4 Å². The minimum absolute atomic E-state index is 0.114. The highest BCUT2D eigenvalue weighted by Gasteiger charge is 2.17. The first kappa shape index (κ1) is 13.9. The number of carbonyl (C=O) groups excluding carboxylic acids is 1. The van der Waals surface area contributed by atoms with Gasteiger partial charge in [0.15, 0.2) is 6.10 Å². The number of aromatic nitrogens is 1. The normalized spacial score (nSPS) is 11.7. The van der Waals surface area contributed by atoms with Crippen molar-refractivity contribution in [2.24, 2.45) is 0 Å². The number of carboxylic acid groups (broad SMARTS) is 1. The number of nitrogens with one attached hydrogen (secondary N) is 1. The summed E-state index contributed by atoms with van der Waals surface area (Å²) in [6, 6.07) is 3.07. The third-order valence-electron chi connectivity index (χ3n) is 2.22. The summed E-state index contributed by atoms with van der Waals surface area (Å²) >= 11 is 0. The average molecular weight is 254 g/mol. The predicted molar refractivity (Wildman–Crippen MR) is 61.6 cm³/mol. The zero-order chi connectivity index (χ0) is 13.5. The van der Waals surface area contributed by atoms with Crippen molar-refractivity contribution in [3.63, 3.8) is 0 Å². The monoisotopic (exact) mass is 254 g/mol. The van der Waals surface area contributed by atoms with Gasteiger partial charge < -0.3 is 19.9 Å². The quantitative estimate of drug-likeness (QED) is 0.736. The number of hydrogen-bond donors (Lipinski definition) is 2. The Balaban J connectivity index is 2.56. The molecule has 0 saturated carbocycles. The molecule has 0 fully saturated rings. The van der Waals surface area contributed by atoms with Crippen molar-refractivity contribution in [3.05, 3.63) is 23.9 Å². The molecule has 2 N–H and O–H groups in total. The standard InChI is InChI=1S/C11H14N2O5/c1-17-8(11(15)16)6-13-10(14)7-3-4-9(18-2)12-5-7/h3-5,8H,6H2,1-2H3,(H,13,14)(H,15,16). The van der Waals surface area contributed by atoms with E-state index < -0.39 is 18.0 Å². The van der Waals surface area contributed by atoms with E-state index in [0.717, 1.165) is 0 Å². The maximum absolute atomic E-state index is 11.6. The number of amides is 1. The van der Waals surface area contributed by atoms with Crippen molar-refractivity contribution in [1.82, 2.24) is 10.3 Å². The Morgan fingerprint density at radius 2 is 2.17 bits per heavy atom. The Kier molecular flexibility index (Phi) is 5.06. The number of aliphatic carboxylic acids is 1. The molecule has 0 aliphatic rings. The summed E-state index contributed by atoms with van der Waals surface area (Å²) in [5, 5.41) is 11.2. The number of hydrogen-bond acceptors (Lipinski definition) is 5. The van der Waals surface area contributed by atoms with Crippen molar-refractivity contribution in [3.8, 4) is 5.88 Å². The van der Waals surface area contributed by atoms with Crippen LogP contribution in [0.25, 0.3) is 0 Å². The van der Waals surface area contributed by atoms with Crippen molar-refractivity contribution < 1.29 is 24.2 Å². The third-order valence-corrected chi connectivity index (χ3v) is 2.22. The molecule has 0 aliphatic carbocycles. The number of carbonyl (C=O) groups is 2. The van der Waals surface area contributed by atoms with Crippen LogP contribution in [0.15, 0.2) is 18.3 Å². The number of ether oxygens (including phenoxy) is 2. The largest absolute Gasteiger partial charge is 0.481 e. The molecule has 0 spiro atoms. The van der Waals surface area contributed by atoms with Crippen LogP contribution in [-0.2, 0) is 9.53 Å². The van der Waals surface area contributed by atoms with Gasteiger partial charge in [0.25, 0.3) is 5.91 Å². The Hall–Kier alpha value is -2.15. The number of nitrogens with zero attached hydrogens (tertiary/aromatic N) is 1. The number of rotatable bonds is 6. The molecule has 0 radical (unpaired) electrons. The summed E-state index contributed by atoms with van der Waals surface area (Å²) in [4.78, 5) is 26.2. The van der Waals surface area contributed by atoms with E-state index in [1.807, 2.05) is 0 Å². The first-order valence-corrected chi connectivity index (χ1v) is 5.12. The lowest BCUT2D eigenvalue weighted by molar-refractivity contribution is -0.148. The van der Waals surface area contributed by atoms with E-state index in [9.17, 15) is 9.59 Å². The summed E-state index contributed by atoms with van der Waals surface area (Å²) in [6.45, 7) is -0.114. The molecule has 0 aliphatic heterocycles. The van der Waals surface area contributed by atoms with Gasteiger partial charge in [0.2, 0.25) is 5.88 Å². The van der Waals surface area contributed by atoms with E-state index in [1.165, 1.54) is 26.5 Å². The second kappa shape index (κ2) is 6.55. The van der Waals surface area contributed by atoms with E-state index in [-0.39, 0.29) is 6.54 Å². The smallest absolute Gasteiger partial charge is 0.334 e. The summed E-state index contributed by atoms with van der Waals surface area (Å²) in [7, 11) is 2.73. The van der Waals surface area contributed by atoms with E-state index >= 15 is 0 Å². The van der Waals surface area contributed by atoms with Gasteiger partial charge >= 0.3 is 5.97 Å². The maximum atomic E-state index is 11.6. The molecule has 0 aromatic carbocycles. The number of pyridine rings is 1. The van der Waals surface area contributed by atoms with E-state index in [2.05, 4.69) is 15.0 Å². The van der Waals surface area contributed by atoms with Gasteiger partial charge in [-0.25, -0.2) is 9.78 Å². The second-order valence-corrected chi connectivity index (χ2v) is 3.36. The molecule has 1 aromatic rings. The zero-order valence-corrected chi connectivity index (χ0v) is 10.0. The maximum Gasteiger partial charge on any atom is 0.334 e. The highest BCUT2D eigenvalue weighted by atomic mass is 16.5. The Morgan fingerprint density at radius 1 is 1.44 bits per heavy atom. The predicted octanol–water partition coefficient (Wildman–Crippen LogP) is -0.0804. The number of methoxy groups -OCH3 is 2. The molecule has 0 saturated heterocycles. The van der Waals surface area contributed by atoms with Crippen molar-refractivity contribution in [1.29, 1.82) is 0 Å². The average Bonchev–Trinajstić information content (AvgIpc) is 2.39. The van der Waals surface area contributed by atoms with Crippen LogP contribution in [0.1, 0.15) is 10.4 Å². The SMILES string of the molecule is COc1ccc(C(=O)NCC(OC)C(=O)O)cn1. The van der Waals surface area contributed by atoms with Crippen LogP contribution in [0.2, 0.25) is 0 Å². The molecule has 1 heterocycles. The molecule has 1 rings (SSSR count). The second-order valence-electron chi connectivity index (χ2n) is 3.36. The molecule has 0 bridgehead atoms. The molecule has 18 heavy (non-hydrogen) atoms. The molecule has 1 aromatic heterocycles. The Labute approximate surface area is 104 Å². The number of carboxylic acids is 1. The highest BCUT2D eigenvalue weighted by molar-refractivity contribution is 5.94. The lowest BCUT2D eigenvalue weighted by Gasteiger charge is -2.11. The van der Waals surface area contributed by atoms with Crippen LogP contribution in [0.4, 0.5) is 0 Å². The summed E-state index contributed by atoms with van der Waals surface area (Å²) < 4.78 is 9.54. The minimum Gasteiger partial charge on any atom is -0.481 e. The van der Waals surface area contributed by atoms with Crippen molar-refractivity contribution in [2.45, 2.75) is 6.10 Å². The van der Waals surface area contributed by atoms with Crippen LogP contribution in [0.5, 0.6) is 5.88 Å². The molecular weight excluding hydrogens is 240 g/mol. The van der Waals surface area contributed by atoms with Gasteiger partial charge in [-0.15, -0.1) is 0 Å². The van der Waals surface area contributed by atoms with Crippen molar-refractivity contribution >= 4 is 11.9 Å². The fourth-order valence-electron chi connectivity index (χ4n) is 1.19. The van der Waals surface area contributed by atoms with Crippen LogP contribution in [0, 0.1) is 0 Å². The Morgan fingerprint density at radius 3 is 2.61 bits per heavy atom. The highest BCUT2D eigenvalue weighted by Crippen LogP contribution is 2.06. The first-order valence-electron chi connectivity index (χ1n) is 5.12. The van der Waals surface area contributed by atoms with Gasteiger partial charge in [-0.2, -0.15) is 0 Å². The van der Waals surface area contributed by atoms with Gasteiger partial charge in [-0.3, -0.25) is 4.79 Å². The first-order chi connectivity index (χ1) is 8.58. The third kappa shape index (κ3) is 3.70. The molecule has 98 valence electrons. The summed E-state index contributed by atoms with van der Waals surface area (Å²) in [5.41, 5.74) is 0.316. The molecule has 7 nitrogen and oxygen atoms in total. The minimum atomic E-state index is -1.13. The van der Waals surface area contributed by atoms with Gasteiger partial charge in [0.05, 0.1) is 19.2 Å². The molecule has 7 heteroatoms. The van der Waals surface area contributed by atoms with Gasteiger partial charge in [-0.05, 0) is 6.07 Å². The molecule has 1 unspecified atom stereocenters. The lowest BCUT2D eigenvalue weighted by Crippen LogP contribution is -2.37. The van der Waals surface area contributed by atoms with Crippen LogP contribution in [0.3, 0.4) is 0 Å². The van der Waals surface area contributed by atoms with Crippen LogP contribution < -0.4 is 10.1 Å². The van der Waals surface area contributed by atoms with E-state index in [0.29, 0.717) is 11.4 Å². The zero-order valence-electron chi connectivity index (χ0n) is 10.0. The van der Waals surface area contributed by atoms with Crippen LogP contribution in [-0.4, -0.2) is 48.8 Å². The van der Waals surface area contributed by atoms with Gasteiger partial charge in [-0.1, -0.05) is 0 Å². The van der Waals surface area contributed by atoms with Crippen LogP contribution >= 0.6 is 0 Å². The molecule has 1 amide bonds. The molecule has 1 atom stereocenters. The van der Waals surface area contributed by atoms with Crippen molar-refractivity contribution in [2.75, 3.05) is 20.8 Å². The fraction of sp³-hybridized carbons (Fsp3) is 0.364. The van der Waals surface area contributed by atoms with Gasteiger partial charge in [0.1, 0.15) is 0 Å². The van der Waals surface area contributed by atoms with E-state index in [4.69, 9.17) is 9.84 Å². The fourth-order valence-corrected chi connectivity index (χ4v) is 1.19.